The SMILES string of the molecule is N#Cc1ccc(OCC(O)CSc2nnc(-c3cccnc3)n2-c2ccc(Cl)c(Cl)c2)cc1. The molecule has 1 unspecified atom stereocenters. The number of nitriles is 1. The minimum Gasteiger partial charge on any atom is -0.491 e. The Balaban J connectivity index is 1.51. The molecule has 4 aromatic rings. The van der Waals surface area contributed by atoms with Crippen LogP contribution >= 0.6 is 35.0 Å². The fourth-order valence-corrected chi connectivity index (χ4v) is 4.09. The molecule has 0 fully saturated rings. The van der Waals surface area contributed by atoms with Gasteiger partial charge in [-0.25, -0.2) is 0 Å². The summed E-state index contributed by atoms with van der Waals surface area (Å²) < 4.78 is 7.46. The highest BCUT2D eigenvalue weighted by Crippen LogP contribution is 2.31. The molecule has 0 amide bonds. The Morgan fingerprint density at radius 2 is 1.91 bits per heavy atom. The van der Waals surface area contributed by atoms with Crippen molar-refractivity contribution >= 4 is 35.0 Å². The molecule has 2 aromatic heterocycles. The maximum atomic E-state index is 10.4. The van der Waals surface area contributed by atoms with Gasteiger partial charge in [-0.2, -0.15) is 5.26 Å². The standard InChI is InChI=1S/C23H17Cl2N5O2S/c24-20-8-5-17(10-21(20)25)30-22(16-2-1-9-27-12-16)28-29-23(30)33-14-18(31)13-32-19-6-3-15(11-26)4-7-19/h1-10,12,18,31H,13-14H2. The predicted molar refractivity (Wildman–Crippen MR) is 128 cm³/mol. The Morgan fingerprint density at radius 1 is 1.09 bits per heavy atom. The van der Waals surface area contributed by atoms with Crippen LogP contribution in [0.15, 0.2) is 72.1 Å². The summed E-state index contributed by atoms with van der Waals surface area (Å²) in [5.41, 5.74) is 2.07. The molecule has 0 radical (unpaired) electrons. The van der Waals surface area contributed by atoms with E-state index < -0.39 is 6.10 Å². The van der Waals surface area contributed by atoms with Gasteiger partial charge < -0.3 is 9.84 Å². The van der Waals surface area contributed by atoms with E-state index in [1.54, 1.807) is 48.8 Å². The number of aliphatic hydroxyl groups is 1. The van der Waals surface area contributed by atoms with Gasteiger partial charge in [0.25, 0.3) is 0 Å². The highest BCUT2D eigenvalue weighted by Gasteiger charge is 2.18. The monoisotopic (exact) mass is 497 g/mol. The van der Waals surface area contributed by atoms with E-state index in [1.165, 1.54) is 11.8 Å². The van der Waals surface area contributed by atoms with E-state index in [9.17, 15) is 5.11 Å². The zero-order chi connectivity index (χ0) is 23.2. The van der Waals surface area contributed by atoms with Gasteiger partial charge in [0.1, 0.15) is 12.4 Å². The van der Waals surface area contributed by atoms with E-state index in [-0.39, 0.29) is 6.61 Å². The molecule has 0 aliphatic carbocycles. The molecule has 4 rings (SSSR count). The molecule has 10 heteroatoms. The van der Waals surface area contributed by atoms with E-state index in [0.717, 1.165) is 11.3 Å². The van der Waals surface area contributed by atoms with Gasteiger partial charge in [0.2, 0.25) is 0 Å². The third kappa shape index (κ3) is 5.64. The first-order valence-corrected chi connectivity index (χ1v) is 11.5. The molecule has 0 bridgehead atoms. The van der Waals surface area contributed by atoms with E-state index in [1.807, 2.05) is 22.8 Å². The summed E-state index contributed by atoms with van der Waals surface area (Å²) in [5.74, 6) is 1.49. The molecule has 33 heavy (non-hydrogen) atoms. The summed E-state index contributed by atoms with van der Waals surface area (Å²) in [4.78, 5) is 4.17. The molecule has 1 N–H and O–H groups in total. The van der Waals surface area contributed by atoms with Crippen LogP contribution in [0.2, 0.25) is 10.0 Å². The number of halogens is 2. The Kier molecular flexibility index (Phi) is 7.47. The minimum atomic E-state index is -0.758. The maximum Gasteiger partial charge on any atom is 0.196 e. The molecule has 2 heterocycles. The van der Waals surface area contributed by atoms with Crippen molar-refractivity contribution in [2.45, 2.75) is 11.3 Å². The number of pyridine rings is 1. The van der Waals surface area contributed by atoms with Gasteiger partial charge in [-0.15, -0.1) is 10.2 Å². The van der Waals surface area contributed by atoms with E-state index in [0.29, 0.717) is 38.1 Å². The molecule has 1 atom stereocenters. The zero-order valence-corrected chi connectivity index (χ0v) is 19.4. The Morgan fingerprint density at radius 3 is 2.61 bits per heavy atom. The highest BCUT2D eigenvalue weighted by atomic mass is 35.5. The van der Waals surface area contributed by atoms with Gasteiger partial charge in [-0.05, 0) is 54.6 Å². The summed E-state index contributed by atoms with van der Waals surface area (Å²) in [7, 11) is 0. The Bertz CT molecular complexity index is 1280. The second-order valence-corrected chi connectivity index (χ2v) is 8.70. The van der Waals surface area contributed by atoms with Crippen LogP contribution in [0.5, 0.6) is 5.75 Å². The topological polar surface area (TPSA) is 96.8 Å². The lowest BCUT2D eigenvalue weighted by Crippen LogP contribution is -2.20. The fourth-order valence-electron chi connectivity index (χ4n) is 2.94. The molecular formula is C23H17Cl2N5O2S. The van der Waals surface area contributed by atoms with Crippen LogP contribution in [0.1, 0.15) is 5.56 Å². The number of aliphatic hydroxyl groups excluding tert-OH is 1. The van der Waals surface area contributed by atoms with Crippen LogP contribution in [-0.2, 0) is 0 Å². The molecule has 0 spiro atoms. The molecule has 2 aromatic carbocycles. The second kappa shape index (κ2) is 10.7. The number of thioether (sulfide) groups is 1. The van der Waals surface area contributed by atoms with Crippen molar-refractivity contribution in [1.29, 1.82) is 5.26 Å². The van der Waals surface area contributed by atoms with E-state index >= 15 is 0 Å². The molecule has 0 aliphatic heterocycles. The lowest BCUT2D eigenvalue weighted by atomic mass is 10.2. The minimum absolute atomic E-state index is 0.0925. The number of benzene rings is 2. The van der Waals surface area contributed by atoms with Crippen molar-refractivity contribution in [2.75, 3.05) is 12.4 Å². The van der Waals surface area contributed by atoms with Crippen LogP contribution in [0, 0.1) is 11.3 Å². The molecule has 166 valence electrons. The fraction of sp³-hybridized carbons (Fsp3) is 0.130. The van der Waals surface area contributed by atoms with Gasteiger partial charge in [0, 0.05) is 23.7 Å². The molecule has 0 saturated heterocycles. The van der Waals surface area contributed by atoms with Gasteiger partial charge in [0.05, 0.1) is 33.5 Å². The third-order valence-electron chi connectivity index (χ3n) is 4.55. The van der Waals surface area contributed by atoms with Crippen molar-refractivity contribution in [3.63, 3.8) is 0 Å². The average molecular weight is 498 g/mol. The normalized spacial score (nSPS) is 11.7. The Hall–Kier alpha value is -3.09. The number of nitrogens with zero attached hydrogens (tertiary/aromatic N) is 5. The van der Waals surface area contributed by atoms with Crippen LogP contribution in [-0.4, -0.2) is 43.3 Å². The number of rotatable bonds is 8. The smallest absolute Gasteiger partial charge is 0.196 e. The third-order valence-corrected chi connectivity index (χ3v) is 6.36. The number of hydrogen-bond acceptors (Lipinski definition) is 7. The van der Waals surface area contributed by atoms with Crippen LogP contribution in [0.25, 0.3) is 17.1 Å². The quantitative estimate of drug-likeness (QED) is 0.340. The number of aromatic nitrogens is 4. The zero-order valence-electron chi connectivity index (χ0n) is 17.1. The number of ether oxygens (including phenoxy) is 1. The van der Waals surface area contributed by atoms with Gasteiger partial charge >= 0.3 is 0 Å². The van der Waals surface area contributed by atoms with E-state index in [4.69, 9.17) is 33.2 Å². The van der Waals surface area contributed by atoms with Crippen molar-refractivity contribution in [1.82, 2.24) is 19.7 Å². The van der Waals surface area contributed by atoms with Crippen molar-refractivity contribution < 1.29 is 9.84 Å². The lowest BCUT2D eigenvalue weighted by Gasteiger charge is -2.14. The largest absolute Gasteiger partial charge is 0.491 e. The molecular weight excluding hydrogens is 481 g/mol. The summed E-state index contributed by atoms with van der Waals surface area (Å²) in [6.07, 6.45) is 2.63. The van der Waals surface area contributed by atoms with Gasteiger partial charge in [0.15, 0.2) is 11.0 Å². The van der Waals surface area contributed by atoms with E-state index in [2.05, 4.69) is 21.3 Å². The summed E-state index contributed by atoms with van der Waals surface area (Å²) >= 11 is 13.7. The van der Waals surface area contributed by atoms with Gasteiger partial charge in [-0.3, -0.25) is 9.55 Å². The average Bonchev–Trinajstić information content (AvgIpc) is 3.28. The first-order valence-electron chi connectivity index (χ1n) is 9.80. The van der Waals surface area contributed by atoms with Crippen LogP contribution < -0.4 is 4.74 Å². The van der Waals surface area contributed by atoms with Crippen LogP contribution in [0.4, 0.5) is 0 Å². The number of hydrogen-bond donors (Lipinski definition) is 1. The molecule has 7 nitrogen and oxygen atoms in total. The second-order valence-electron chi connectivity index (χ2n) is 6.89. The Labute approximate surface area is 204 Å². The van der Waals surface area contributed by atoms with Crippen molar-refractivity contribution in [3.8, 4) is 28.9 Å². The lowest BCUT2D eigenvalue weighted by molar-refractivity contribution is 0.126. The molecule has 0 saturated carbocycles. The summed E-state index contributed by atoms with van der Waals surface area (Å²) in [6.45, 7) is 0.0925. The summed E-state index contributed by atoms with van der Waals surface area (Å²) in [6, 6.07) is 17.7. The summed E-state index contributed by atoms with van der Waals surface area (Å²) in [5, 5.41) is 29.4. The van der Waals surface area contributed by atoms with Crippen molar-refractivity contribution in [3.05, 3.63) is 82.6 Å². The highest BCUT2D eigenvalue weighted by molar-refractivity contribution is 7.99. The first-order chi connectivity index (χ1) is 16.0. The van der Waals surface area contributed by atoms with Gasteiger partial charge in [-0.1, -0.05) is 35.0 Å². The van der Waals surface area contributed by atoms with Crippen molar-refractivity contribution in [2.24, 2.45) is 0 Å². The van der Waals surface area contributed by atoms with Crippen LogP contribution in [0.3, 0.4) is 0 Å². The predicted octanol–water partition coefficient (Wildman–Crippen LogP) is 5.04. The maximum absolute atomic E-state index is 10.4. The first kappa shape index (κ1) is 23.1. The molecule has 0 aliphatic rings.